The minimum absolute atomic E-state index is 0.717. The van der Waals surface area contributed by atoms with Crippen molar-refractivity contribution in [1.29, 1.82) is 0 Å². The average Bonchev–Trinajstić information content (AvgIpc) is 2.93. The highest BCUT2D eigenvalue weighted by atomic mass is 32.1. The van der Waals surface area contributed by atoms with Gasteiger partial charge in [-0.3, -0.25) is 0 Å². The first-order valence-corrected chi connectivity index (χ1v) is 7.43. The van der Waals surface area contributed by atoms with Gasteiger partial charge in [-0.05, 0) is 25.5 Å². The molecule has 0 spiro atoms. The van der Waals surface area contributed by atoms with Crippen molar-refractivity contribution in [3.05, 3.63) is 21.5 Å². The lowest BCUT2D eigenvalue weighted by atomic mass is 10.3. The van der Waals surface area contributed by atoms with E-state index in [-0.39, 0.29) is 0 Å². The summed E-state index contributed by atoms with van der Waals surface area (Å²) in [5.74, 6) is 0. The fraction of sp³-hybridized carbons (Fsp3) is 0.500. The Morgan fingerprint density at radius 2 is 2.11 bits per heavy atom. The zero-order chi connectivity index (χ0) is 13.0. The van der Waals surface area contributed by atoms with E-state index in [4.69, 9.17) is 4.74 Å². The van der Waals surface area contributed by atoms with Gasteiger partial charge in [0.05, 0.1) is 11.5 Å². The Kier molecular flexibility index (Phi) is 4.82. The molecular formula is C12H17N3OS2. The molecule has 6 heteroatoms. The number of aromatic nitrogens is 2. The summed E-state index contributed by atoms with van der Waals surface area (Å²) in [7, 11) is 1.70. The number of nitrogens with zero attached hydrogens (tertiary/aromatic N) is 2. The molecule has 4 nitrogen and oxygen atoms in total. The van der Waals surface area contributed by atoms with Gasteiger partial charge in [0.15, 0.2) is 5.01 Å². The van der Waals surface area contributed by atoms with Gasteiger partial charge in [0.1, 0.15) is 5.01 Å². The summed E-state index contributed by atoms with van der Waals surface area (Å²) in [6.45, 7) is 6.57. The first-order chi connectivity index (χ1) is 8.70. The number of nitrogens with one attached hydrogen (secondary N) is 1. The molecule has 0 fully saturated rings. The standard InChI is InChI=1S/C12H17N3OS2/c1-8-6-10(17-9(8)2)12-15-14-11(18-12)7-13-4-5-16-3/h6,13H,4-5,7H2,1-3H3. The number of methoxy groups -OCH3 is 1. The van der Waals surface area contributed by atoms with E-state index in [1.807, 2.05) is 0 Å². The molecule has 0 saturated heterocycles. The van der Waals surface area contributed by atoms with Crippen molar-refractivity contribution in [2.24, 2.45) is 0 Å². The summed E-state index contributed by atoms with van der Waals surface area (Å²) >= 11 is 3.43. The van der Waals surface area contributed by atoms with Gasteiger partial charge in [-0.2, -0.15) is 0 Å². The Morgan fingerprint density at radius 1 is 1.28 bits per heavy atom. The van der Waals surface area contributed by atoms with E-state index in [1.54, 1.807) is 29.8 Å². The largest absolute Gasteiger partial charge is 0.383 e. The number of rotatable bonds is 6. The third-order valence-corrected chi connectivity index (χ3v) is 4.85. The Labute approximate surface area is 115 Å². The van der Waals surface area contributed by atoms with E-state index in [1.165, 1.54) is 15.3 Å². The SMILES string of the molecule is COCCNCc1nnc(-c2cc(C)c(C)s2)s1. The molecule has 2 aromatic rings. The molecule has 0 aliphatic carbocycles. The van der Waals surface area contributed by atoms with Crippen molar-refractivity contribution in [3.8, 4) is 9.88 Å². The van der Waals surface area contributed by atoms with Gasteiger partial charge in [0.25, 0.3) is 0 Å². The number of ether oxygens (including phenoxy) is 1. The van der Waals surface area contributed by atoms with E-state index >= 15 is 0 Å². The van der Waals surface area contributed by atoms with Gasteiger partial charge in [0, 0.05) is 25.1 Å². The van der Waals surface area contributed by atoms with E-state index in [0.29, 0.717) is 0 Å². The molecule has 1 N–H and O–H groups in total. The van der Waals surface area contributed by atoms with Crippen LogP contribution in [0.4, 0.5) is 0 Å². The summed E-state index contributed by atoms with van der Waals surface area (Å²) in [5.41, 5.74) is 1.32. The van der Waals surface area contributed by atoms with Gasteiger partial charge >= 0.3 is 0 Å². The van der Waals surface area contributed by atoms with Crippen molar-refractivity contribution in [2.75, 3.05) is 20.3 Å². The first kappa shape index (κ1) is 13.6. The van der Waals surface area contributed by atoms with Gasteiger partial charge in [-0.15, -0.1) is 21.5 Å². The molecule has 2 rings (SSSR count). The summed E-state index contributed by atoms with van der Waals surface area (Å²) in [6, 6.07) is 2.18. The maximum atomic E-state index is 4.98. The molecule has 98 valence electrons. The summed E-state index contributed by atoms with van der Waals surface area (Å²) in [5, 5.41) is 13.8. The molecule has 0 aliphatic heterocycles. The Balaban J connectivity index is 1.97. The van der Waals surface area contributed by atoms with Crippen LogP contribution in [0.1, 0.15) is 15.4 Å². The molecule has 0 aromatic carbocycles. The van der Waals surface area contributed by atoms with Gasteiger partial charge in [-0.1, -0.05) is 11.3 Å². The van der Waals surface area contributed by atoms with E-state index in [9.17, 15) is 0 Å². The van der Waals surface area contributed by atoms with Crippen molar-refractivity contribution in [1.82, 2.24) is 15.5 Å². The van der Waals surface area contributed by atoms with Crippen LogP contribution in [0.15, 0.2) is 6.07 Å². The second-order valence-electron chi connectivity index (χ2n) is 4.02. The third kappa shape index (κ3) is 3.35. The second-order valence-corrected chi connectivity index (χ2v) is 6.34. The minimum atomic E-state index is 0.717. The van der Waals surface area contributed by atoms with Crippen LogP contribution in [-0.4, -0.2) is 30.5 Å². The molecule has 2 heterocycles. The molecule has 0 unspecified atom stereocenters. The molecule has 0 aliphatic rings. The number of hydrogen-bond donors (Lipinski definition) is 1. The van der Waals surface area contributed by atoms with Crippen LogP contribution < -0.4 is 5.32 Å². The van der Waals surface area contributed by atoms with Crippen molar-refractivity contribution in [2.45, 2.75) is 20.4 Å². The maximum Gasteiger partial charge on any atom is 0.157 e. The topological polar surface area (TPSA) is 47.0 Å². The smallest absolute Gasteiger partial charge is 0.157 e. The zero-order valence-electron chi connectivity index (χ0n) is 10.8. The van der Waals surface area contributed by atoms with E-state index in [0.717, 1.165) is 29.7 Å². The van der Waals surface area contributed by atoms with Crippen molar-refractivity contribution >= 4 is 22.7 Å². The lowest BCUT2D eigenvalue weighted by Gasteiger charge is -1.99. The molecule has 0 radical (unpaired) electrons. The van der Waals surface area contributed by atoms with Gasteiger partial charge < -0.3 is 10.1 Å². The number of aryl methyl sites for hydroxylation is 2. The average molecular weight is 283 g/mol. The highest BCUT2D eigenvalue weighted by Crippen LogP contribution is 2.32. The molecule has 2 aromatic heterocycles. The van der Waals surface area contributed by atoms with Crippen LogP contribution in [0.5, 0.6) is 0 Å². The quantitative estimate of drug-likeness (QED) is 0.828. The number of thiophene rings is 1. The molecule has 18 heavy (non-hydrogen) atoms. The summed E-state index contributed by atoms with van der Waals surface area (Å²) in [4.78, 5) is 2.56. The highest BCUT2D eigenvalue weighted by Gasteiger charge is 2.10. The van der Waals surface area contributed by atoms with Crippen molar-refractivity contribution in [3.63, 3.8) is 0 Å². The fourth-order valence-corrected chi connectivity index (χ4v) is 3.36. The predicted molar refractivity (Wildman–Crippen MR) is 76.3 cm³/mol. The Hall–Kier alpha value is -0.820. The monoisotopic (exact) mass is 283 g/mol. The summed E-state index contributed by atoms with van der Waals surface area (Å²) < 4.78 is 4.98. The van der Waals surface area contributed by atoms with Crippen LogP contribution in [-0.2, 0) is 11.3 Å². The van der Waals surface area contributed by atoms with E-state index < -0.39 is 0 Å². The molecule has 0 bridgehead atoms. The summed E-state index contributed by atoms with van der Waals surface area (Å²) in [6.07, 6.45) is 0. The maximum absolute atomic E-state index is 4.98. The van der Waals surface area contributed by atoms with Gasteiger partial charge in [-0.25, -0.2) is 0 Å². The highest BCUT2D eigenvalue weighted by molar-refractivity contribution is 7.21. The van der Waals surface area contributed by atoms with Crippen LogP contribution in [0.25, 0.3) is 9.88 Å². The van der Waals surface area contributed by atoms with Crippen molar-refractivity contribution < 1.29 is 4.74 Å². The van der Waals surface area contributed by atoms with Gasteiger partial charge in [0.2, 0.25) is 0 Å². The predicted octanol–water partition coefficient (Wildman–Crippen LogP) is 2.62. The lowest BCUT2D eigenvalue weighted by molar-refractivity contribution is 0.199. The first-order valence-electron chi connectivity index (χ1n) is 5.80. The molecule has 0 atom stereocenters. The zero-order valence-corrected chi connectivity index (χ0v) is 12.5. The Bertz CT molecular complexity index is 488. The molecular weight excluding hydrogens is 266 g/mol. The van der Waals surface area contributed by atoms with Crippen LogP contribution >= 0.6 is 22.7 Å². The second kappa shape index (κ2) is 6.38. The molecule has 0 amide bonds. The van der Waals surface area contributed by atoms with E-state index in [2.05, 4.69) is 35.4 Å². The van der Waals surface area contributed by atoms with Crippen LogP contribution in [0, 0.1) is 13.8 Å². The van der Waals surface area contributed by atoms with Crippen LogP contribution in [0.2, 0.25) is 0 Å². The molecule has 0 saturated carbocycles. The normalized spacial score (nSPS) is 11.1. The lowest BCUT2D eigenvalue weighted by Crippen LogP contribution is -2.18. The van der Waals surface area contributed by atoms with Crippen LogP contribution in [0.3, 0.4) is 0 Å². The fourth-order valence-electron chi connectivity index (χ4n) is 1.47. The third-order valence-electron chi connectivity index (χ3n) is 2.60. The minimum Gasteiger partial charge on any atom is -0.383 e. The number of hydrogen-bond acceptors (Lipinski definition) is 6. The Morgan fingerprint density at radius 3 is 2.78 bits per heavy atom.